The first-order chi connectivity index (χ1) is 10.00. The fraction of sp³-hybridized carbons (Fsp3) is 0.278. The lowest BCUT2D eigenvalue weighted by Gasteiger charge is -2.24. The Bertz CT molecular complexity index is 588. The van der Waals surface area contributed by atoms with Crippen LogP contribution in [0.5, 0.6) is 0 Å². The van der Waals surface area contributed by atoms with Crippen LogP contribution in [0.1, 0.15) is 25.0 Å². The summed E-state index contributed by atoms with van der Waals surface area (Å²) in [6.45, 7) is 4.49. The molecule has 0 aliphatic carbocycles. The van der Waals surface area contributed by atoms with Crippen molar-refractivity contribution in [3.63, 3.8) is 0 Å². The van der Waals surface area contributed by atoms with E-state index in [1.165, 1.54) is 5.56 Å². The van der Waals surface area contributed by atoms with Crippen molar-refractivity contribution in [3.05, 3.63) is 65.7 Å². The van der Waals surface area contributed by atoms with Gasteiger partial charge in [0.25, 0.3) is 0 Å². The number of hydrogen-bond acceptors (Lipinski definition) is 2. The lowest BCUT2D eigenvalue weighted by atomic mass is 9.83. The van der Waals surface area contributed by atoms with Gasteiger partial charge >= 0.3 is 0 Å². The first-order valence-corrected chi connectivity index (χ1v) is 7.18. The molecule has 0 aliphatic rings. The Kier molecular flexibility index (Phi) is 4.63. The molecule has 3 nitrogen and oxygen atoms in total. The second-order valence-corrected chi connectivity index (χ2v) is 5.74. The van der Waals surface area contributed by atoms with E-state index in [-0.39, 0.29) is 5.91 Å². The minimum atomic E-state index is -0.565. The molecule has 0 fully saturated rings. The van der Waals surface area contributed by atoms with E-state index >= 15 is 0 Å². The Morgan fingerprint density at radius 2 is 1.67 bits per heavy atom. The third kappa shape index (κ3) is 3.85. The highest BCUT2D eigenvalue weighted by Gasteiger charge is 2.29. The molecule has 0 heterocycles. The van der Waals surface area contributed by atoms with Crippen LogP contribution in [0.25, 0.3) is 0 Å². The molecule has 0 radical (unpaired) electrons. The van der Waals surface area contributed by atoms with Gasteiger partial charge in [0.2, 0.25) is 5.91 Å². The van der Waals surface area contributed by atoms with E-state index in [1.54, 1.807) is 0 Å². The molecule has 1 amide bonds. The van der Waals surface area contributed by atoms with Crippen LogP contribution in [-0.2, 0) is 16.6 Å². The van der Waals surface area contributed by atoms with E-state index in [4.69, 9.17) is 5.73 Å². The molecule has 0 bridgehead atoms. The number of hydrogen-bond donors (Lipinski definition) is 2. The normalized spacial score (nSPS) is 11.1. The number of nitrogen functional groups attached to an aromatic ring is 1. The van der Waals surface area contributed by atoms with Gasteiger partial charge in [0.15, 0.2) is 0 Å². The van der Waals surface area contributed by atoms with Gasteiger partial charge in [-0.2, -0.15) is 0 Å². The van der Waals surface area contributed by atoms with E-state index in [0.29, 0.717) is 12.2 Å². The Balaban J connectivity index is 1.94. The zero-order chi connectivity index (χ0) is 15.3. The molecule has 0 aliphatic heterocycles. The predicted molar refractivity (Wildman–Crippen MR) is 87.0 cm³/mol. The van der Waals surface area contributed by atoms with Gasteiger partial charge in [0.1, 0.15) is 0 Å². The first kappa shape index (κ1) is 15.1. The van der Waals surface area contributed by atoms with Gasteiger partial charge in [-0.1, -0.05) is 42.5 Å². The smallest absolute Gasteiger partial charge is 0.230 e. The summed E-state index contributed by atoms with van der Waals surface area (Å²) in [7, 11) is 0. The molecule has 110 valence electrons. The molecular formula is C18H22N2O. The van der Waals surface area contributed by atoms with Crippen LogP contribution in [0.4, 0.5) is 5.69 Å². The summed E-state index contributed by atoms with van der Waals surface area (Å²) in [6, 6.07) is 17.6. The zero-order valence-electron chi connectivity index (χ0n) is 12.6. The van der Waals surface area contributed by atoms with Crippen molar-refractivity contribution in [1.29, 1.82) is 0 Å². The van der Waals surface area contributed by atoms with Gasteiger partial charge in [0.05, 0.1) is 5.41 Å². The van der Waals surface area contributed by atoms with Crippen molar-refractivity contribution in [3.8, 4) is 0 Å². The number of benzene rings is 2. The summed E-state index contributed by atoms with van der Waals surface area (Å²) in [6.07, 6.45) is 0.838. The SMILES string of the molecule is CC(C)(C(=O)NCCc1ccccc1)c1ccc(N)cc1. The molecule has 0 aromatic heterocycles. The highest BCUT2D eigenvalue weighted by Crippen LogP contribution is 2.24. The van der Waals surface area contributed by atoms with Crippen LogP contribution in [0.3, 0.4) is 0 Å². The fourth-order valence-electron chi connectivity index (χ4n) is 2.22. The third-order valence-electron chi connectivity index (χ3n) is 3.74. The van der Waals surface area contributed by atoms with Gasteiger partial charge < -0.3 is 11.1 Å². The van der Waals surface area contributed by atoms with Gasteiger partial charge in [-0.3, -0.25) is 4.79 Å². The minimum Gasteiger partial charge on any atom is -0.399 e. The second-order valence-electron chi connectivity index (χ2n) is 5.74. The summed E-state index contributed by atoms with van der Waals surface area (Å²) in [5.41, 5.74) is 8.02. The van der Waals surface area contributed by atoms with Crippen molar-refractivity contribution in [2.75, 3.05) is 12.3 Å². The Morgan fingerprint density at radius 1 is 1.05 bits per heavy atom. The molecule has 0 unspecified atom stereocenters. The summed E-state index contributed by atoms with van der Waals surface area (Å²) in [5.74, 6) is 0.0307. The number of carbonyl (C=O) groups is 1. The Labute approximate surface area is 126 Å². The summed E-state index contributed by atoms with van der Waals surface area (Å²) in [4.78, 5) is 12.4. The number of amides is 1. The number of rotatable bonds is 5. The lowest BCUT2D eigenvalue weighted by molar-refractivity contribution is -0.125. The van der Waals surface area contributed by atoms with Crippen molar-refractivity contribution < 1.29 is 4.79 Å². The van der Waals surface area contributed by atoms with Crippen LogP contribution in [0.15, 0.2) is 54.6 Å². The summed E-state index contributed by atoms with van der Waals surface area (Å²) >= 11 is 0. The number of carbonyl (C=O) groups excluding carboxylic acids is 1. The summed E-state index contributed by atoms with van der Waals surface area (Å²) < 4.78 is 0. The predicted octanol–water partition coefficient (Wildman–Crippen LogP) is 2.91. The number of anilines is 1. The van der Waals surface area contributed by atoms with E-state index in [2.05, 4.69) is 17.4 Å². The number of nitrogens with two attached hydrogens (primary N) is 1. The molecule has 0 atom stereocenters. The average molecular weight is 282 g/mol. The largest absolute Gasteiger partial charge is 0.399 e. The highest BCUT2D eigenvalue weighted by atomic mass is 16.2. The zero-order valence-corrected chi connectivity index (χ0v) is 12.6. The van der Waals surface area contributed by atoms with Gasteiger partial charge in [0, 0.05) is 12.2 Å². The Hall–Kier alpha value is -2.29. The van der Waals surface area contributed by atoms with Crippen LogP contribution in [-0.4, -0.2) is 12.5 Å². The minimum absolute atomic E-state index is 0.0307. The highest BCUT2D eigenvalue weighted by molar-refractivity contribution is 5.87. The van der Waals surface area contributed by atoms with Crippen molar-refractivity contribution >= 4 is 11.6 Å². The molecule has 3 N–H and O–H groups in total. The van der Waals surface area contributed by atoms with Gasteiger partial charge in [-0.15, -0.1) is 0 Å². The standard InChI is InChI=1S/C18H22N2O/c1-18(2,15-8-10-16(19)11-9-15)17(21)20-13-12-14-6-4-3-5-7-14/h3-11H,12-13,19H2,1-2H3,(H,20,21). The Morgan fingerprint density at radius 3 is 2.29 bits per heavy atom. The molecule has 0 saturated heterocycles. The van der Waals surface area contributed by atoms with Gasteiger partial charge in [-0.25, -0.2) is 0 Å². The van der Waals surface area contributed by atoms with Crippen LogP contribution in [0.2, 0.25) is 0 Å². The van der Waals surface area contributed by atoms with Crippen LogP contribution < -0.4 is 11.1 Å². The molecular weight excluding hydrogens is 260 g/mol. The topological polar surface area (TPSA) is 55.1 Å². The van der Waals surface area contributed by atoms with Crippen molar-refractivity contribution in [2.24, 2.45) is 0 Å². The number of nitrogens with one attached hydrogen (secondary N) is 1. The maximum Gasteiger partial charge on any atom is 0.230 e. The summed E-state index contributed by atoms with van der Waals surface area (Å²) in [5, 5.41) is 3.01. The maximum atomic E-state index is 12.4. The molecule has 3 heteroatoms. The maximum absolute atomic E-state index is 12.4. The molecule has 2 rings (SSSR count). The third-order valence-corrected chi connectivity index (χ3v) is 3.74. The van der Waals surface area contributed by atoms with E-state index in [0.717, 1.165) is 12.0 Å². The van der Waals surface area contributed by atoms with Crippen molar-refractivity contribution in [2.45, 2.75) is 25.7 Å². The fourth-order valence-corrected chi connectivity index (χ4v) is 2.22. The lowest BCUT2D eigenvalue weighted by Crippen LogP contribution is -2.40. The van der Waals surface area contributed by atoms with Crippen LogP contribution >= 0.6 is 0 Å². The van der Waals surface area contributed by atoms with E-state index in [9.17, 15) is 4.79 Å². The average Bonchev–Trinajstić information content (AvgIpc) is 2.48. The second kappa shape index (κ2) is 6.44. The van der Waals surface area contributed by atoms with Crippen LogP contribution in [0, 0.1) is 0 Å². The van der Waals surface area contributed by atoms with Crippen molar-refractivity contribution in [1.82, 2.24) is 5.32 Å². The molecule has 0 saturated carbocycles. The monoisotopic (exact) mass is 282 g/mol. The quantitative estimate of drug-likeness (QED) is 0.828. The van der Waals surface area contributed by atoms with E-state index in [1.807, 2.05) is 56.3 Å². The first-order valence-electron chi connectivity index (χ1n) is 7.18. The molecule has 2 aromatic carbocycles. The molecule has 2 aromatic rings. The van der Waals surface area contributed by atoms with E-state index < -0.39 is 5.41 Å². The van der Waals surface area contributed by atoms with Gasteiger partial charge in [-0.05, 0) is 43.5 Å². The molecule has 21 heavy (non-hydrogen) atoms. The molecule has 0 spiro atoms.